The molecule has 0 unspecified atom stereocenters. The van der Waals surface area contributed by atoms with Gasteiger partial charge in [0, 0.05) is 60.0 Å². The first kappa shape index (κ1) is 29.0. The Bertz CT molecular complexity index is 1690. The first-order valence-corrected chi connectivity index (χ1v) is 16.2. The number of anilines is 3. The van der Waals surface area contributed by atoms with Crippen LogP contribution in [0.3, 0.4) is 0 Å². The summed E-state index contributed by atoms with van der Waals surface area (Å²) < 4.78 is 1.94. The molecule has 9 heteroatoms. The van der Waals surface area contributed by atoms with Crippen LogP contribution >= 0.6 is 24.0 Å². The molecule has 4 aromatic rings. The number of amides is 1. The normalized spacial score (nSPS) is 17.1. The molecule has 2 aliphatic heterocycles. The number of hydrogen-bond acceptors (Lipinski definition) is 5. The van der Waals surface area contributed by atoms with Gasteiger partial charge in [-0.05, 0) is 85.3 Å². The number of hydrogen-bond donors (Lipinski definition) is 3. The molecule has 1 amide bonds. The molecule has 0 aliphatic carbocycles. The third kappa shape index (κ3) is 6.78. The summed E-state index contributed by atoms with van der Waals surface area (Å²) in [6, 6.07) is 29.6. The van der Waals surface area contributed by atoms with Gasteiger partial charge in [0.1, 0.15) is 0 Å². The van der Waals surface area contributed by atoms with Crippen LogP contribution in [0.25, 0.3) is 0 Å². The van der Waals surface area contributed by atoms with Gasteiger partial charge in [0.15, 0.2) is 5.11 Å². The lowest BCUT2D eigenvalue weighted by Gasteiger charge is -2.44. The first-order chi connectivity index (χ1) is 21.0. The molecule has 2 atom stereocenters. The summed E-state index contributed by atoms with van der Waals surface area (Å²) in [6.07, 6.45) is 3.87. The van der Waals surface area contributed by atoms with Crippen molar-refractivity contribution in [3.05, 3.63) is 118 Å². The molecular formula is C34H35N5O2S2. The molecule has 2 bridgehead atoms. The number of fused-ring (bicyclic) bond motifs is 4. The van der Waals surface area contributed by atoms with Crippen LogP contribution in [0.2, 0.25) is 0 Å². The summed E-state index contributed by atoms with van der Waals surface area (Å²) >= 11 is 7.43. The Morgan fingerprint density at radius 1 is 0.930 bits per heavy atom. The molecule has 220 valence electrons. The predicted molar refractivity (Wildman–Crippen MR) is 181 cm³/mol. The van der Waals surface area contributed by atoms with Crippen LogP contribution in [-0.4, -0.2) is 41.5 Å². The second-order valence-corrected chi connectivity index (χ2v) is 12.4. The standard InChI is InChI=1S/C34H35N5O2S2/c1-43-28-10-5-9-27(19-28)36-34(42)37-29-18-25(33(41)35-16-15-23-7-3-2-4-8-23)13-14-31(29)38-20-24-17-26(22-38)30-11-6-12-32(40)39(30)21-24/h2-14,18-19,24,26H,15-17,20-22H2,1H3,(H,35,41)(H2,36,37,42)/t24-,26+/m1/s1. The quantitative estimate of drug-likeness (QED) is 0.168. The molecule has 1 fully saturated rings. The van der Waals surface area contributed by atoms with Gasteiger partial charge in [0.2, 0.25) is 0 Å². The van der Waals surface area contributed by atoms with Crippen molar-refractivity contribution < 1.29 is 4.79 Å². The number of thiocarbonyl (C=S) groups is 1. The van der Waals surface area contributed by atoms with Crippen LogP contribution in [0.5, 0.6) is 0 Å². The Kier molecular flexibility index (Phi) is 8.81. The van der Waals surface area contributed by atoms with Crippen LogP contribution in [0.4, 0.5) is 17.1 Å². The van der Waals surface area contributed by atoms with Crippen molar-refractivity contribution in [2.45, 2.75) is 30.2 Å². The van der Waals surface area contributed by atoms with E-state index < -0.39 is 0 Å². The zero-order valence-corrected chi connectivity index (χ0v) is 25.7. The number of rotatable bonds is 8. The lowest BCUT2D eigenvalue weighted by molar-refractivity contribution is 0.0954. The highest BCUT2D eigenvalue weighted by molar-refractivity contribution is 7.98. The van der Waals surface area contributed by atoms with Gasteiger partial charge >= 0.3 is 0 Å². The molecule has 3 N–H and O–H groups in total. The van der Waals surface area contributed by atoms with Crippen LogP contribution in [0.1, 0.15) is 34.0 Å². The average molecular weight is 610 g/mol. The second kappa shape index (κ2) is 13.1. The fourth-order valence-electron chi connectivity index (χ4n) is 6.20. The highest BCUT2D eigenvalue weighted by atomic mass is 32.2. The highest BCUT2D eigenvalue weighted by Crippen LogP contribution is 2.39. The van der Waals surface area contributed by atoms with Gasteiger partial charge in [0.05, 0.1) is 11.4 Å². The number of piperidine rings is 1. The van der Waals surface area contributed by atoms with E-state index in [-0.39, 0.29) is 17.4 Å². The van der Waals surface area contributed by atoms with E-state index >= 15 is 0 Å². The molecule has 3 heterocycles. The number of benzene rings is 3. The van der Waals surface area contributed by atoms with Crippen molar-refractivity contribution in [1.82, 2.24) is 9.88 Å². The van der Waals surface area contributed by atoms with Gasteiger partial charge in [-0.1, -0.05) is 42.5 Å². The zero-order valence-electron chi connectivity index (χ0n) is 24.1. The fraction of sp³-hybridized carbons (Fsp3) is 0.265. The molecule has 3 aromatic carbocycles. The number of carbonyl (C=O) groups excluding carboxylic acids is 1. The summed E-state index contributed by atoms with van der Waals surface area (Å²) in [4.78, 5) is 29.3. The molecule has 7 nitrogen and oxygen atoms in total. The molecule has 43 heavy (non-hydrogen) atoms. The molecular weight excluding hydrogens is 575 g/mol. The molecule has 0 saturated carbocycles. The van der Waals surface area contributed by atoms with Crippen molar-refractivity contribution >= 4 is 52.1 Å². The lowest BCUT2D eigenvalue weighted by Crippen LogP contribution is -2.47. The summed E-state index contributed by atoms with van der Waals surface area (Å²) in [6.45, 7) is 2.88. The SMILES string of the molecule is CSc1cccc(NC(=S)Nc2cc(C(=O)NCCc3ccccc3)ccc2N2C[C@H]3C[C@@H](C2)c2cccc(=O)n2C3)c1. The topological polar surface area (TPSA) is 78.4 Å². The number of nitrogens with one attached hydrogen (secondary N) is 3. The summed E-state index contributed by atoms with van der Waals surface area (Å²) in [5.74, 6) is 0.495. The van der Waals surface area contributed by atoms with Crippen molar-refractivity contribution in [2.75, 3.05) is 41.4 Å². The van der Waals surface area contributed by atoms with Gasteiger partial charge < -0.3 is 25.4 Å². The van der Waals surface area contributed by atoms with Crippen LogP contribution < -0.4 is 26.4 Å². The maximum absolute atomic E-state index is 13.2. The fourth-order valence-corrected chi connectivity index (χ4v) is 6.89. The van der Waals surface area contributed by atoms with E-state index in [4.69, 9.17) is 12.2 Å². The van der Waals surface area contributed by atoms with E-state index in [1.807, 2.05) is 65.4 Å². The molecule has 6 rings (SSSR count). The second-order valence-electron chi connectivity index (χ2n) is 11.1. The van der Waals surface area contributed by atoms with E-state index in [1.54, 1.807) is 17.8 Å². The molecule has 2 aliphatic rings. The number of thioether (sulfide) groups is 1. The van der Waals surface area contributed by atoms with Gasteiger partial charge in [-0.3, -0.25) is 9.59 Å². The van der Waals surface area contributed by atoms with Gasteiger partial charge in [-0.25, -0.2) is 0 Å². The van der Waals surface area contributed by atoms with Crippen LogP contribution in [0.15, 0.2) is 101 Å². The van der Waals surface area contributed by atoms with Crippen LogP contribution in [0, 0.1) is 5.92 Å². The molecule has 1 aromatic heterocycles. The van der Waals surface area contributed by atoms with Gasteiger partial charge in [-0.2, -0.15) is 0 Å². The largest absolute Gasteiger partial charge is 0.369 e. The summed E-state index contributed by atoms with van der Waals surface area (Å²) in [5, 5.41) is 10.2. The van der Waals surface area contributed by atoms with Crippen molar-refractivity contribution in [2.24, 2.45) is 5.92 Å². The van der Waals surface area contributed by atoms with E-state index in [0.717, 1.165) is 60.1 Å². The molecule has 0 spiro atoms. The number of carbonyl (C=O) groups is 1. The van der Waals surface area contributed by atoms with E-state index in [2.05, 4.69) is 51.2 Å². The lowest BCUT2D eigenvalue weighted by atomic mass is 9.83. The molecule has 0 radical (unpaired) electrons. The average Bonchev–Trinajstić information content (AvgIpc) is 3.02. The third-order valence-corrected chi connectivity index (χ3v) is 9.13. The van der Waals surface area contributed by atoms with Crippen molar-refractivity contribution in [3.8, 4) is 0 Å². The minimum absolute atomic E-state index is 0.0765. The van der Waals surface area contributed by atoms with Gasteiger partial charge in [0.25, 0.3) is 11.5 Å². The Balaban J connectivity index is 1.24. The molecule has 1 saturated heterocycles. The Morgan fingerprint density at radius 3 is 2.60 bits per heavy atom. The number of nitrogens with zero attached hydrogens (tertiary/aromatic N) is 2. The maximum atomic E-state index is 13.2. The summed E-state index contributed by atoms with van der Waals surface area (Å²) in [7, 11) is 0. The maximum Gasteiger partial charge on any atom is 0.251 e. The highest BCUT2D eigenvalue weighted by Gasteiger charge is 2.35. The van der Waals surface area contributed by atoms with Crippen LogP contribution in [-0.2, 0) is 13.0 Å². The first-order valence-electron chi connectivity index (χ1n) is 14.6. The van der Waals surface area contributed by atoms with Crippen molar-refractivity contribution in [1.29, 1.82) is 0 Å². The zero-order chi connectivity index (χ0) is 29.8. The van der Waals surface area contributed by atoms with Gasteiger partial charge in [-0.15, -0.1) is 11.8 Å². The van der Waals surface area contributed by atoms with E-state index in [1.165, 1.54) is 5.56 Å². The predicted octanol–water partition coefficient (Wildman–Crippen LogP) is 5.98. The summed E-state index contributed by atoms with van der Waals surface area (Å²) in [5.41, 5.74) is 5.59. The third-order valence-electron chi connectivity index (χ3n) is 8.20. The monoisotopic (exact) mass is 609 g/mol. The minimum atomic E-state index is -0.124. The number of aromatic nitrogens is 1. The van der Waals surface area contributed by atoms with E-state index in [0.29, 0.717) is 23.1 Å². The van der Waals surface area contributed by atoms with E-state index in [9.17, 15) is 9.59 Å². The van der Waals surface area contributed by atoms with Crippen molar-refractivity contribution in [3.63, 3.8) is 0 Å². The number of pyridine rings is 1. The Hall–Kier alpha value is -4.08. The minimum Gasteiger partial charge on any atom is -0.369 e. The Labute approximate surface area is 261 Å². The Morgan fingerprint density at radius 2 is 1.77 bits per heavy atom. The smallest absolute Gasteiger partial charge is 0.251 e.